The molecule has 5 nitrogen and oxygen atoms in total. The molecular weight excluding hydrogens is 262 g/mol. The molecule has 2 unspecified atom stereocenters. The van der Waals surface area contributed by atoms with Gasteiger partial charge in [-0.05, 0) is 37.9 Å². The molecule has 2 fully saturated rings. The first kappa shape index (κ1) is 12.8. The predicted octanol–water partition coefficient (Wildman–Crippen LogP) is 2.32. The highest BCUT2D eigenvalue weighted by Gasteiger charge is 2.37. The highest BCUT2D eigenvalue weighted by molar-refractivity contribution is 5.90. The molecule has 0 radical (unpaired) electrons. The van der Waals surface area contributed by atoms with Crippen LogP contribution in [-0.4, -0.2) is 47.1 Å². The number of nitrogens with zero attached hydrogens (tertiary/aromatic N) is 3. The summed E-state index contributed by atoms with van der Waals surface area (Å²) >= 11 is 0. The molecular formula is C16H21N5. The molecule has 2 atom stereocenters. The molecule has 2 N–H and O–H groups in total. The van der Waals surface area contributed by atoms with E-state index in [-0.39, 0.29) is 0 Å². The van der Waals surface area contributed by atoms with Crippen LogP contribution in [0.4, 0.5) is 11.8 Å². The van der Waals surface area contributed by atoms with E-state index in [1.807, 2.05) is 25.2 Å². The minimum absolute atomic E-state index is 0.510. The third kappa shape index (κ3) is 2.21. The molecule has 1 aromatic heterocycles. The van der Waals surface area contributed by atoms with Gasteiger partial charge in [0.25, 0.3) is 0 Å². The van der Waals surface area contributed by atoms with Crippen LogP contribution in [-0.2, 0) is 0 Å². The van der Waals surface area contributed by atoms with E-state index in [2.05, 4.69) is 31.6 Å². The SMILES string of the molecule is CNc1nc(NC2CCN3CCCC23)c2ccccc2n1. The molecule has 110 valence electrons. The van der Waals surface area contributed by atoms with Gasteiger partial charge in [-0.2, -0.15) is 4.98 Å². The van der Waals surface area contributed by atoms with E-state index in [9.17, 15) is 0 Å². The van der Waals surface area contributed by atoms with Crippen LogP contribution in [0.15, 0.2) is 24.3 Å². The lowest BCUT2D eigenvalue weighted by Crippen LogP contribution is -2.34. The lowest BCUT2D eigenvalue weighted by atomic mass is 10.1. The molecule has 2 saturated heterocycles. The smallest absolute Gasteiger partial charge is 0.224 e. The van der Waals surface area contributed by atoms with Crippen LogP contribution in [0.5, 0.6) is 0 Å². The fourth-order valence-electron chi connectivity index (χ4n) is 3.72. The molecule has 5 heteroatoms. The molecule has 0 amide bonds. The van der Waals surface area contributed by atoms with Crippen LogP contribution in [0.1, 0.15) is 19.3 Å². The third-order valence-corrected chi connectivity index (χ3v) is 4.75. The van der Waals surface area contributed by atoms with Gasteiger partial charge in [-0.1, -0.05) is 12.1 Å². The second kappa shape index (κ2) is 5.15. The Morgan fingerprint density at radius 2 is 2.05 bits per heavy atom. The zero-order chi connectivity index (χ0) is 14.2. The fraction of sp³-hybridized carbons (Fsp3) is 0.500. The first-order chi connectivity index (χ1) is 10.3. The average Bonchev–Trinajstić information content (AvgIpc) is 3.12. The minimum Gasteiger partial charge on any atom is -0.365 e. The second-order valence-electron chi connectivity index (χ2n) is 5.95. The van der Waals surface area contributed by atoms with Gasteiger partial charge in [0.2, 0.25) is 5.95 Å². The van der Waals surface area contributed by atoms with Gasteiger partial charge in [-0.15, -0.1) is 0 Å². The van der Waals surface area contributed by atoms with Crippen molar-refractivity contribution in [1.29, 1.82) is 0 Å². The van der Waals surface area contributed by atoms with Crippen LogP contribution in [0.25, 0.3) is 10.9 Å². The number of aromatic nitrogens is 2. The van der Waals surface area contributed by atoms with Crippen molar-refractivity contribution in [2.24, 2.45) is 0 Å². The van der Waals surface area contributed by atoms with E-state index < -0.39 is 0 Å². The van der Waals surface area contributed by atoms with Crippen LogP contribution in [0.2, 0.25) is 0 Å². The molecule has 0 spiro atoms. The minimum atomic E-state index is 0.510. The number of hydrogen-bond donors (Lipinski definition) is 2. The lowest BCUT2D eigenvalue weighted by Gasteiger charge is -2.22. The zero-order valence-corrected chi connectivity index (χ0v) is 12.3. The molecule has 4 rings (SSSR count). The zero-order valence-electron chi connectivity index (χ0n) is 12.3. The van der Waals surface area contributed by atoms with Crippen molar-refractivity contribution < 1.29 is 0 Å². The summed E-state index contributed by atoms with van der Waals surface area (Å²) in [6.07, 6.45) is 3.84. The number of nitrogens with one attached hydrogen (secondary N) is 2. The molecule has 21 heavy (non-hydrogen) atoms. The topological polar surface area (TPSA) is 53.1 Å². The number of para-hydroxylation sites is 1. The Balaban J connectivity index is 1.69. The Bertz CT molecular complexity index is 656. The average molecular weight is 283 g/mol. The van der Waals surface area contributed by atoms with E-state index in [1.54, 1.807) is 0 Å². The maximum atomic E-state index is 4.65. The van der Waals surface area contributed by atoms with Crippen molar-refractivity contribution in [3.63, 3.8) is 0 Å². The summed E-state index contributed by atoms with van der Waals surface area (Å²) in [4.78, 5) is 11.8. The Labute approximate surface area is 124 Å². The van der Waals surface area contributed by atoms with Gasteiger partial charge in [-0.25, -0.2) is 4.98 Å². The highest BCUT2D eigenvalue weighted by Crippen LogP contribution is 2.31. The van der Waals surface area contributed by atoms with Crippen molar-refractivity contribution in [2.75, 3.05) is 30.8 Å². The van der Waals surface area contributed by atoms with Crippen LogP contribution in [0, 0.1) is 0 Å². The highest BCUT2D eigenvalue weighted by atomic mass is 15.3. The summed E-state index contributed by atoms with van der Waals surface area (Å²) in [7, 11) is 1.86. The van der Waals surface area contributed by atoms with E-state index in [1.165, 1.54) is 32.4 Å². The van der Waals surface area contributed by atoms with Gasteiger partial charge in [-0.3, -0.25) is 4.90 Å². The molecule has 2 aliphatic heterocycles. The standard InChI is InChI=1S/C16H21N5/c1-17-16-19-12-6-3-2-5-11(12)15(20-16)18-13-8-10-21-9-4-7-14(13)21/h2-3,5-6,13-14H,4,7-10H2,1H3,(H2,17,18,19,20). The lowest BCUT2D eigenvalue weighted by molar-refractivity contribution is 0.318. The largest absolute Gasteiger partial charge is 0.365 e. The number of anilines is 2. The Hall–Kier alpha value is -1.88. The van der Waals surface area contributed by atoms with Crippen molar-refractivity contribution >= 4 is 22.7 Å². The van der Waals surface area contributed by atoms with Gasteiger partial charge >= 0.3 is 0 Å². The molecule has 0 bridgehead atoms. The van der Waals surface area contributed by atoms with Crippen molar-refractivity contribution in [3.05, 3.63) is 24.3 Å². The number of fused-ring (bicyclic) bond motifs is 2. The molecule has 0 aliphatic carbocycles. The molecule has 1 aromatic carbocycles. The summed E-state index contributed by atoms with van der Waals surface area (Å²) in [5.74, 6) is 1.64. The number of rotatable bonds is 3. The van der Waals surface area contributed by atoms with Crippen molar-refractivity contribution in [3.8, 4) is 0 Å². The van der Waals surface area contributed by atoms with Crippen LogP contribution in [0.3, 0.4) is 0 Å². The van der Waals surface area contributed by atoms with E-state index in [4.69, 9.17) is 0 Å². The summed E-state index contributed by atoms with van der Waals surface area (Å²) in [6.45, 7) is 2.47. The van der Waals surface area contributed by atoms with Gasteiger partial charge in [0.05, 0.1) is 5.52 Å². The maximum Gasteiger partial charge on any atom is 0.224 e. The van der Waals surface area contributed by atoms with Crippen LogP contribution >= 0.6 is 0 Å². The molecule has 0 saturated carbocycles. The summed E-state index contributed by atoms with van der Waals surface area (Å²) < 4.78 is 0. The third-order valence-electron chi connectivity index (χ3n) is 4.75. The Kier molecular flexibility index (Phi) is 3.15. The number of hydrogen-bond acceptors (Lipinski definition) is 5. The first-order valence-corrected chi connectivity index (χ1v) is 7.80. The number of benzene rings is 1. The van der Waals surface area contributed by atoms with Gasteiger partial charge < -0.3 is 10.6 Å². The quantitative estimate of drug-likeness (QED) is 0.905. The monoisotopic (exact) mass is 283 g/mol. The normalized spacial score (nSPS) is 25.2. The van der Waals surface area contributed by atoms with Crippen molar-refractivity contribution in [2.45, 2.75) is 31.3 Å². The Morgan fingerprint density at radius 1 is 1.14 bits per heavy atom. The van der Waals surface area contributed by atoms with Gasteiger partial charge in [0.15, 0.2) is 0 Å². The summed E-state index contributed by atoms with van der Waals surface area (Å²) in [6, 6.07) is 9.39. The van der Waals surface area contributed by atoms with E-state index in [0.29, 0.717) is 18.0 Å². The van der Waals surface area contributed by atoms with E-state index in [0.717, 1.165) is 16.7 Å². The Morgan fingerprint density at radius 3 is 2.95 bits per heavy atom. The van der Waals surface area contributed by atoms with E-state index >= 15 is 0 Å². The van der Waals surface area contributed by atoms with Gasteiger partial charge in [0, 0.05) is 31.1 Å². The first-order valence-electron chi connectivity index (χ1n) is 7.80. The van der Waals surface area contributed by atoms with Crippen LogP contribution < -0.4 is 10.6 Å². The fourth-order valence-corrected chi connectivity index (χ4v) is 3.72. The summed E-state index contributed by atoms with van der Waals surface area (Å²) in [5.41, 5.74) is 0.987. The second-order valence-corrected chi connectivity index (χ2v) is 5.95. The molecule has 2 aliphatic rings. The maximum absolute atomic E-state index is 4.65. The molecule has 3 heterocycles. The van der Waals surface area contributed by atoms with Gasteiger partial charge in [0.1, 0.15) is 5.82 Å². The van der Waals surface area contributed by atoms with Crippen molar-refractivity contribution in [1.82, 2.24) is 14.9 Å². The predicted molar refractivity (Wildman–Crippen MR) is 85.7 cm³/mol. The molecule has 2 aromatic rings. The summed E-state index contributed by atoms with van der Waals surface area (Å²) in [5, 5.41) is 7.86.